The van der Waals surface area contributed by atoms with Gasteiger partial charge in [0.1, 0.15) is 5.75 Å². The first-order valence-corrected chi connectivity index (χ1v) is 6.08. The Labute approximate surface area is 106 Å². The van der Waals surface area contributed by atoms with Crippen LogP contribution in [0.3, 0.4) is 0 Å². The lowest BCUT2D eigenvalue weighted by Crippen LogP contribution is -2.22. The van der Waals surface area contributed by atoms with E-state index in [1.165, 1.54) is 0 Å². The lowest BCUT2D eigenvalue weighted by Gasteiger charge is -2.14. The second-order valence-corrected chi connectivity index (χ2v) is 4.01. The van der Waals surface area contributed by atoms with Crippen molar-refractivity contribution in [2.75, 3.05) is 18.0 Å². The summed E-state index contributed by atoms with van der Waals surface area (Å²) in [7, 11) is 0. The first-order valence-electron chi connectivity index (χ1n) is 6.08. The zero-order chi connectivity index (χ0) is 13.0. The normalized spacial score (nSPS) is 10.6. The average Bonchev–Trinajstić information content (AvgIpc) is 2.79. The van der Waals surface area contributed by atoms with E-state index < -0.39 is 0 Å². The SMILES string of the molecule is CCN(CC)c1noc(Cc2cccc(O)c2)n1. The van der Waals surface area contributed by atoms with Gasteiger partial charge in [0.05, 0.1) is 6.42 Å². The number of rotatable bonds is 5. The predicted octanol–water partition coefficient (Wildman–Crippen LogP) is 2.21. The molecule has 0 unspecified atom stereocenters. The van der Waals surface area contributed by atoms with Crippen LogP contribution in [0.2, 0.25) is 0 Å². The largest absolute Gasteiger partial charge is 0.508 e. The molecular weight excluding hydrogens is 230 g/mol. The van der Waals surface area contributed by atoms with Gasteiger partial charge >= 0.3 is 0 Å². The summed E-state index contributed by atoms with van der Waals surface area (Å²) in [6.07, 6.45) is 0.530. The van der Waals surface area contributed by atoms with Crippen molar-refractivity contribution in [2.24, 2.45) is 0 Å². The number of benzene rings is 1. The summed E-state index contributed by atoms with van der Waals surface area (Å²) >= 11 is 0. The molecule has 1 N–H and O–H groups in total. The first kappa shape index (κ1) is 12.4. The van der Waals surface area contributed by atoms with Gasteiger partial charge in [0, 0.05) is 13.1 Å². The number of phenols is 1. The second kappa shape index (κ2) is 5.53. The van der Waals surface area contributed by atoms with Gasteiger partial charge in [0.25, 0.3) is 5.95 Å². The molecule has 0 aliphatic rings. The number of hydrogen-bond acceptors (Lipinski definition) is 5. The van der Waals surface area contributed by atoms with Gasteiger partial charge in [-0.2, -0.15) is 4.98 Å². The number of aromatic nitrogens is 2. The van der Waals surface area contributed by atoms with Crippen LogP contribution in [-0.2, 0) is 6.42 Å². The Morgan fingerprint density at radius 1 is 1.28 bits per heavy atom. The van der Waals surface area contributed by atoms with Crippen molar-refractivity contribution in [1.29, 1.82) is 0 Å². The van der Waals surface area contributed by atoms with Gasteiger partial charge in [-0.05, 0) is 36.7 Å². The zero-order valence-corrected chi connectivity index (χ0v) is 10.6. The summed E-state index contributed by atoms with van der Waals surface area (Å²) in [5, 5.41) is 13.3. The molecule has 0 bridgehead atoms. The number of nitrogens with zero attached hydrogens (tertiary/aromatic N) is 3. The molecule has 2 aromatic rings. The molecule has 0 atom stereocenters. The Hall–Kier alpha value is -2.04. The Balaban J connectivity index is 2.11. The van der Waals surface area contributed by atoms with Crippen molar-refractivity contribution in [1.82, 2.24) is 10.1 Å². The van der Waals surface area contributed by atoms with Crippen molar-refractivity contribution in [3.8, 4) is 5.75 Å². The van der Waals surface area contributed by atoms with E-state index in [1.54, 1.807) is 18.2 Å². The van der Waals surface area contributed by atoms with Crippen LogP contribution in [0.1, 0.15) is 25.3 Å². The quantitative estimate of drug-likeness (QED) is 0.877. The van der Waals surface area contributed by atoms with Crippen molar-refractivity contribution in [3.05, 3.63) is 35.7 Å². The molecule has 0 aliphatic heterocycles. The molecule has 2 rings (SSSR count). The van der Waals surface area contributed by atoms with Gasteiger partial charge < -0.3 is 14.5 Å². The molecule has 0 fully saturated rings. The highest BCUT2D eigenvalue weighted by molar-refractivity contribution is 5.31. The Morgan fingerprint density at radius 2 is 2.06 bits per heavy atom. The summed E-state index contributed by atoms with van der Waals surface area (Å²) in [5.74, 6) is 1.42. The summed E-state index contributed by atoms with van der Waals surface area (Å²) in [4.78, 5) is 6.37. The molecule has 0 aliphatic carbocycles. The summed E-state index contributed by atoms with van der Waals surface area (Å²) in [6, 6.07) is 7.05. The molecule has 1 aromatic carbocycles. The fourth-order valence-corrected chi connectivity index (χ4v) is 1.79. The molecule has 0 saturated carbocycles. The fourth-order valence-electron chi connectivity index (χ4n) is 1.79. The standard InChI is InChI=1S/C13H17N3O2/c1-3-16(4-2)13-14-12(18-15-13)9-10-6-5-7-11(17)8-10/h5-8,17H,3-4,9H2,1-2H3. The van der Waals surface area contributed by atoms with E-state index in [9.17, 15) is 5.11 Å². The van der Waals surface area contributed by atoms with E-state index in [-0.39, 0.29) is 5.75 Å². The van der Waals surface area contributed by atoms with Gasteiger partial charge in [0.15, 0.2) is 0 Å². The third-order valence-electron chi connectivity index (χ3n) is 2.77. The lowest BCUT2D eigenvalue weighted by atomic mass is 10.1. The maximum Gasteiger partial charge on any atom is 0.266 e. The predicted molar refractivity (Wildman–Crippen MR) is 68.8 cm³/mol. The van der Waals surface area contributed by atoms with E-state index in [0.717, 1.165) is 18.7 Å². The smallest absolute Gasteiger partial charge is 0.266 e. The highest BCUT2D eigenvalue weighted by Gasteiger charge is 2.11. The summed E-state index contributed by atoms with van der Waals surface area (Å²) in [6.45, 7) is 5.80. The molecule has 96 valence electrons. The fraction of sp³-hybridized carbons (Fsp3) is 0.385. The van der Waals surface area contributed by atoms with E-state index in [1.807, 2.05) is 11.0 Å². The Bertz CT molecular complexity index is 506. The van der Waals surface area contributed by atoms with Gasteiger partial charge in [-0.3, -0.25) is 0 Å². The molecule has 1 heterocycles. The zero-order valence-electron chi connectivity index (χ0n) is 10.6. The van der Waals surface area contributed by atoms with Crippen LogP contribution in [0, 0.1) is 0 Å². The minimum atomic E-state index is 0.246. The number of anilines is 1. The average molecular weight is 247 g/mol. The van der Waals surface area contributed by atoms with Crippen LogP contribution in [-0.4, -0.2) is 28.3 Å². The first-order chi connectivity index (χ1) is 8.72. The topological polar surface area (TPSA) is 62.4 Å². The number of aromatic hydroxyl groups is 1. The van der Waals surface area contributed by atoms with Crippen molar-refractivity contribution in [3.63, 3.8) is 0 Å². The van der Waals surface area contributed by atoms with Gasteiger partial charge in [-0.15, -0.1) is 0 Å². The van der Waals surface area contributed by atoms with E-state index in [2.05, 4.69) is 24.0 Å². The molecular formula is C13H17N3O2. The molecule has 1 aromatic heterocycles. The molecule has 18 heavy (non-hydrogen) atoms. The summed E-state index contributed by atoms with van der Waals surface area (Å²) in [5.41, 5.74) is 0.949. The minimum absolute atomic E-state index is 0.246. The molecule has 0 amide bonds. The third-order valence-corrected chi connectivity index (χ3v) is 2.77. The van der Waals surface area contributed by atoms with Gasteiger partial charge in [-0.25, -0.2) is 0 Å². The van der Waals surface area contributed by atoms with Crippen LogP contribution in [0.15, 0.2) is 28.8 Å². The van der Waals surface area contributed by atoms with E-state index in [0.29, 0.717) is 18.3 Å². The third kappa shape index (κ3) is 2.80. The molecule has 0 radical (unpaired) electrons. The van der Waals surface area contributed by atoms with Gasteiger partial charge in [-0.1, -0.05) is 12.1 Å². The number of phenolic OH excluding ortho intramolecular Hbond substituents is 1. The van der Waals surface area contributed by atoms with Crippen LogP contribution in [0.4, 0.5) is 5.95 Å². The van der Waals surface area contributed by atoms with Crippen LogP contribution >= 0.6 is 0 Å². The van der Waals surface area contributed by atoms with Gasteiger partial charge in [0.2, 0.25) is 5.89 Å². The Morgan fingerprint density at radius 3 is 2.72 bits per heavy atom. The summed E-state index contributed by atoms with van der Waals surface area (Å²) < 4.78 is 5.21. The number of hydrogen-bond donors (Lipinski definition) is 1. The van der Waals surface area contributed by atoms with Crippen molar-refractivity contribution in [2.45, 2.75) is 20.3 Å². The van der Waals surface area contributed by atoms with Crippen LogP contribution in [0.25, 0.3) is 0 Å². The van der Waals surface area contributed by atoms with E-state index in [4.69, 9.17) is 4.52 Å². The molecule has 5 heteroatoms. The highest BCUT2D eigenvalue weighted by Crippen LogP contribution is 2.16. The Kier molecular flexibility index (Phi) is 3.82. The minimum Gasteiger partial charge on any atom is -0.508 e. The van der Waals surface area contributed by atoms with Crippen molar-refractivity contribution < 1.29 is 9.63 Å². The maximum absolute atomic E-state index is 9.39. The highest BCUT2D eigenvalue weighted by atomic mass is 16.5. The van der Waals surface area contributed by atoms with Crippen LogP contribution in [0.5, 0.6) is 5.75 Å². The molecule has 5 nitrogen and oxygen atoms in total. The molecule has 0 saturated heterocycles. The van der Waals surface area contributed by atoms with Crippen molar-refractivity contribution >= 4 is 5.95 Å². The van der Waals surface area contributed by atoms with Crippen LogP contribution < -0.4 is 4.90 Å². The lowest BCUT2D eigenvalue weighted by molar-refractivity contribution is 0.384. The molecule has 0 spiro atoms. The van der Waals surface area contributed by atoms with E-state index >= 15 is 0 Å². The maximum atomic E-state index is 9.39. The second-order valence-electron chi connectivity index (χ2n) is 4.01. The monoisotopic (exact) mass is 247 g/mol.